The van der Waals surface area contributed by atoms with Gasteiger partial charge >= 0.3 is 0 Å². The zero-order chi connectivity index (χ0) is 16.3. The number of piperazine rings is 1. The topological polar surface area (TPSA) is 38.8 Å². The Labute approximate surface area is 141 Å². The SMILES string of the molecule is CN1CCN(C(=O)CC2CCN(CC3(C)CCNC3)CC2)CC1. The van der Waals surface area contributed by atoms with Gasteiger partial charge in [-0.3, -0.25) is 4.79 Å². The van der Waals surface area contributed by atoms with Crippen molar-refractivity contribution in [3.63, 3.8) is 0 Å². The number of hydrogen-bond acceptors (Lipinski definition) is 4. The standard InChI is InChI=1S/C18H34N4O/c1-18(5-6-19-14-18)15-21-7-3-16(4-8-21)13-17(23)22-11-9-20(2)10-12-22/h16,19H,3-15H2,1-2H3. The molecule has 3 rings (SSSR count). The zero-order valence-corrected chi connectivity index (χ0v) is 15.0. The van der Waals surface area contributed by atoms with Gasteiger partial charge in [-0.1, -0.05) is 6.92 Å². The number of amides is 1. The number of rotatable bonds is 4. The molecule has 0 saturated carbocycles. The van der Waals surface area contributed by atoms with Gasteiger partial charge in [-0.25, -0.2) is 0 Å². The number of carbonyl (C=O) groups excluding carboxylic acids is 1. The number of carbonyl (C=O) groups is 1. The molecule has 0 aromatic rings. The average Bonchev–Trinajstić information content (AvgIpc) is 2.96. The Kier molecular flexibility index (Phi) is 5.60. The first-order valence-corrected chi connectivity index (χ1v) is 9.43. The van der Waals surface area contributed by atoms with E-state index >= 15 is 0 Å². The van der Waals surface area contributed by atoms with Crippen molar-refractivity contribution in [2.45, 2.75) is 32.6 Å². The third-order valence-electron chi connectivity index (χ3n) is 6.09. The van der Waals surface area contributed by atoms with Crippen LogP contribution in [0.2, 0.25) is 0 Å². The van der Waals surface area contributed by atoms with E-state index in [9.17, 15) is 4.79 Å². The van der Waals surface area contributed by atoms with Crippen molar-refractivity contribution in [2.75, 3.05) is 66.0 Å². The van der Waals surface area contributed by atoms with Crippen molar-refractivity contribution in [1.29, 1.82) is 0 Å². The van der Waals surface area contributed by atoms with Crippen LogP contribution in [0.4, 0.5) is 0 Å². The third kappa shape index (κ3) is 4.68. The maximum Gasteiger partial charge on any atom is 0.222 e. The normalized spacial score (nSPS) is 31.7. The quantitative estimate of drug-likeness (QED) is 0.833. The fourth-order valence-electron chi connectivity index (χ4n) is 4.32. The van der Waals surface area contributed by atoms with E-state index in [0.717, 1.165) is 39.1 Å². The Morgan fingerprint density at radius 1 is 1.13 bits per heavy atom. The molecule has 0 aromatic heterocycles. The van der Waals surface area contributed by atoms with Gasteiger partial charge in [0.15, 0.2) is 0 Å². The molecule has 3 fully saturated rings. The number of likely N-dealkylation sites (tertiary alicyclic amines) is 1. The fourth-order valence-corrected chi connectivity index (χ4v) is 4.32. The van der Waals surface area contributed by atoms with Gasteiger partial charge in [0.05, 0.1) is 0 Å². The largest absolute Gasteiger partial charge is 0.340 e. The molecule has 0 radical (unpaired) electrons. The van der Waals surface area contributed by atoms with E-state index in [1.165, 1.54) is 45.4 Å². The van der Waals surface area contributed by atoms with Gasteiger partial charge in [0, 0.05) is 45.7 Å². The Balaban J connectivity index is 1.38. The first-order chi connectivity index (χ1) is 11.0. The summed E-state index contributed by atoms with van der Waals surface area (Å²) in [6.07, 6.45) is 4.47. The van der Waals surface area contributed by atoms with Crippen LogP contribution in [0.15, 0.2) is 0 Å². The van der Waals surface area contributed by atoms with Crippen LogP contribution < -0.4 is 5.32 Å². The Hall–Kier alpha value is -0.650. The van der Waals surface area contributed by atoms with Crippen LogP contribution in [0.5, 0.6) is 0 Å². The minimum atomic E-state index is 0.392. The lowest BCUT2D eigenvalue weighted by molar-refractivity contribution is -0.134. The molecular formula is C18H34N4O. The van der Waals surface area contributed by atoms with Gasteiger partial charge in [0.2, 0.25) is 5.91 Å². The van der Waals surface area contributed by atoms with Crippen LogP contribution in [0.3, 0.4) is 0 Å². The maximum atomic E-state index is 12.5. The summed E-state index contributed by atoms with van der Waals surface area (Å²) in [7, 11) is 2.14. The molecule has 0 spiro atoms. The molecule has 1 atom stereocenters. The molecule has 1 N–H and O–H groups in total. The summed E-state index contributed by atoms with van der Waals surface area (Å²) >= 11 is 0. The van der Waals surface area contributed by atoms with Crippen LogP contribution in [0, 0.1) is 11.3 Å². The van der Waals surface area contributed by atoms with Gasteiger partial charge in [0.1, 0.15) is 0 Å². The monoisotopic (exact) mass is 322 g/mol. The van der Waals surface area contributed by atoms with Crippen molar-refractivity contribution >= 4 is 5.91 Å². The van der Waals surface area contributed by atoms with Crippen molar-refractivity contribution in [2.24, 2.45) is 11.3 Å². The molecule has 23 heavy (non-hydrogen) atoms. The van der Waals surface area contributed by atoms with Gasteiger partial charge in [-0.05, 0) is 57.3 Å². The van der Waals surface area contributed by atoms with Crippen molar-refractivity contribution in [3.05, 3.63) is 0 Å². The Bertz CT molecular complexity index is 392. The van der Waals surface area contributed by atoms with Crippen LogP contribution in [0.1, 0.15) is 32.6 Å². The molecule has 0 aromatic carbocycles. The number of hydrogen-bond donors (Lipinski definition) is 1. The highest BCUT2D eigenvalue weighted by Gasteiger charge is 2.32. The summed E-state index contributed by atoms with van der Waals surface area (Å²) in [5, 5.41) is 3.50. The third-order valence-corrected chi connectivity index (χ3v) is 6.09. The summed E-state index contributed by atoms with van der Waals surface area (Å²) in [6, 6.07) is 0. The minimum Gasteiger partial charge on any atom is -0.340 e. The molecule has 5 nitrogen and oxygen atoms in total. The highest BCUT2D eigenvalue weighted by Crippen LogP contribution is 2.29. The van der Waals surface area contributed by atoms with Gasteiger partial charge in [-0.15, -0.1) is 0 Å². The molecule has 3 aliphatic heterocycles. The lowest BCUT2D eigenvalue weighted by atomic mass is 9.87. The lowest BCUT2D eigenvalue weighted by Gasteiger charge is -2.38. The second-order valence-electron chi connectivity index (χ2n) is 8.35. The van der Waals surface area contributed by atoms with Crippen LogP contribution in [0.25, 0.3) is 0 Å². The fraction of sp³-hybridized carbons (Fsp3) is 0.944. The summed E-state index contributed by atoms with van der Waals surface area (Å²) in [6.45, 7) is 12.2. The maximum absolute atomic E-state index is 12.5. The first kappa shape index (κ1) is 17.2. The van der Waals surface area contributed by atoms with E-state index in [2.05, 4.69) is 34.0 Å². The van der Waals surface area contributed by atoms with E-state index in [4.69, 9.17) is 0 Å². The van der Waals surface area contributed by atoms with E-state index in [1.54, 1.807) is 0 Å². The molecule has 0 bridgehead atoms. The number of likely N-dealkylation sites (N-methyl/N-ethyl adjacent to an activating group) is 1. The highest BCUT2D eigenvalue weighted by molar-refractivity contribution is 5.76. The highest BCUT2D eigenvalue weighted by atomic mass is 16.2. The molecule has 0 aliphatic carbocycles. The first-order valence-electron chi connectivity index (χ1n) is 9.43. The molecule has 5 heteroatoms. The van der Waals surface area contributed by atoms with Gasteiger partial charge < -0.3 is 20.0 Å². The molecule has 3 heterocycles. The van der Waals surface area contributed by atoms with Gasteiger partial charge in [0.25, 0.3) is 0 Å². The molecule has 1 unspecified atom stereocenters. The summed E-state index contributed by atoms with van der Waals surface area (Å²) in [5.41, 5.74) is 0.461. The average molecular weight is 322 g/mol. The summed E-state index contributed by atoms with van der Waals surface area (Å²) < 4.78 is 0. The van der Waals surface area contributed by atoms with Crippen molar-refractivity contribution in [1.82, 2.24) is 20.0 Å². The van der Waals surface area contributed by atoms with Crippen LogP contribution in [-0.2, 0) is 4.79 Å². The summed E-state index contributed by atoms with van der Waals surface area (Å²) in [4.78, 5) is 19.5. The number of nitrogens with zero attached hydrogens (tertiary/aromatic N) is 3. The second-order valence-corrected chi connectivity index (χ2v) is 8.35. The predicted octanol–water partition coefficient (Wildman–Crippen LogP) is 0.862. The molecule has 1 amide bonds. The number of nitrogens with one attached hydrogen (secondary N) is 1. The molecular weight excluding hydrogens is 288 g/mol. The molecule has 3 aliphatic rings. The second kappa shape index (κ2) is 7.49. The molecule has 132 valence electrons. The van der Waals surface area contributed by atoms with Crippen molar-refractivity contribution in [3.8, 4) is 0 Å². The molecule has 3 saturated heterocycles. The van der Waals surface area contributed by atoms with Crippen LogP contribution >= 0.6 is 0 Å². The van der Waals surface area contributed by atoms with E-state index in [1.807, 2.05) is 0 Å². The van der Waals surface area contributed by atoms with E-state index in [0.29, 0.717) is 17.2 Å². The van der Waals surface area contributed by atoms with E-state index in [-0.39, 0.29) is 0 Å². The number of piperidine rings is 1. The van der Waals surface area contributed by atoms with Crippen LogP contribution in [-0.4, -0.2) is 86.6 Å². The minimum absolute atomic E-state index is 0.392. The predicted molar refractivity (Wildman–Crippen MR) is 93.5 cm³/mol. The van der Waals surface area contributed by atoms with Gasteiger partial charge in [-0.2, -0.15) is 0 Å². The smallest absolute Gasteiger partial charge is 0.222 e. The zero-order valence-electron chi connectivity index (χ0n) is 15.0. The Morgan fingerprint density at radius 2 is 1.83 bits per heavy atom. The van der Waals surface area contributed by atoms with E-state index < -0.39 is 0 Å². The Morgan fingerprint density at radius 3 is 2.43 bits per heavy atom. The van der Waals surface area contributed by atoms with Crippen molar-refractivity contribution < 1.29 is 4.79 Å². The summed E-state index contributed by atoms with van der Waals surface area (Å²) in [5.74, 6) is 0.997. The lowest BCUT2D eigenvalue weighted by Crippen LogP contribution is -2.48.